The highest BCUT2D eigenvalue weighted by Crippen LogP contribution is 2.26. The number of nitrogens with one attached hydrogen (secondary N) is 1. The first-order valence-corrected chi connectivity index (χ1v) is 11.1. The van der Waals surface area contributed by atoms with E-state index in [2.05, 4.69) is 10.4 Å². The van der Waals surface area contributed by atoms with E-state index < -0.39 is 24.1 Å². The number of halogens is 4. The topological polar surface area (TPSA) is 56.2 Å². The monoisotopic (exact) mass is 499 g/mol. The zero-order valence-electron chi connectivity index (χ0n) is 18.7. The Labute approximate surface area is 205 Å². The number of aromatic nitrogens is 2. The molecule has 0 radical (unpaired) electrons. The largest absolute Gasteiger partial charge is 0.488 e. The lowest BCUT2D eigenvalue weighted by Gasteiger charge is -2.14. The van der Waals surface area contributed by atoms with E-state index in [4.69, 9.17) is 16.3 Å². The number of rotatable bonds is 8. The molecule has 9 heteroatoms. The van der Waals surface area contributed by atoms with Gasteiger partial charge in [-0.3, -0.25) is 9.48 Å². The van der Waals surface area contributed by atoms with E-state index in [9.17, 15) is 18.0 Å². The smallest absolute Gasteiger partial charge is 0.229 e. The number of ether oxygens (including phenoxy) is 1. The number of hydrogen-bond acceptors (Lipinski definition) is 3. The average molecular weight is 500 g/mol. The summed E-state index contributed by atoms with van der Waals surface area (Å²) in [5, 5.41) is 7.66. The van der Waals surface area contributed by atoms with Crippen LogP contribution in [0, 0.1) is 24.4 Å². The standard InChI is InChI=1S/C26H21ClF3N3O2/c1-16-9-25(31-26(34)10-17-5-3-2-4-6-17)32-33(16)14-18-11-19(27)7-8-24(18)35-15-21-22(29)12-20(28)13-23(21)30/h2-9,11-13H,10,14-15H2,1H3,(H,31,32,34). The Morgan fingerprint density at radius 1 is 1.03 bits per heavy atom. The predicted octanol–water partition coefficient (Wildman–Crippen LogP) is 6.07. The van der Waals surface area contributed by atoms with Gasteiger partial charge in [0.15, 0.2) is 5.82 Å². The third-order valence-corrected chi connectivity index (χ3v) is 5.51. The summed E-state index contributed by atoms with van der Waals surface area (Å²) in [5.74, 6) is -2.54. The molecule has 0 fully saturated rings. The highest BCUT2D eigenvalue weighted by atomic mass is 35.5. The van der Waals surface area contributed by atoms with Gasteiger partial charge in [0, 0.05) is 34.5 Å². The van der Waals surface area contributed by atoms with Gasteiger partial charge in [0.2, 0.25) is 5.91 Å². The lowest BCUT2D eigenvalue weighted by atomic mass is 10.1. The molecule has 4 rings (SSSR count). The molecule has 1 aromatic heterocycles. The van der Waals surface area contributed by atoms with Crippen molar-refractivity contribution in [2.24, 2.45) is 0 Å². The minimum atomic E-state index is -1.03. The summed E-state index contributed by atoms with van der Waals surface area (Å²) in [7, 11) is 0. The molecule has 0 atom stereocenters. The van der Waals surface area contributed by atoms with Gasteiger partial charge in [0.25, 0.3) is 0 Å². The first-order chi connectivity index (χ1) is 16.8. The van der Waals surface area contributed by atoms with E-state index in [1.165, 1.54) is 0 Å². The number of aryl methyl sites for hydroxylation is 1. The zero-order chi connectivity index (χ0) is 24.9. The van der Waals surface area contributed by atoms with Gasteiger partial charge in [-0.2, -0.15) is 5.10 Å². The molecule has 0 unspecified atom stereocenters. The van der Waals surface area contributed by atoms with Gasteiger partial charge in [0.1, 0.15) is 29.8 Å². The molecule has 1 heterocycles. The number of carbonyl (C=O) groups is 1. The summed E-state index contributed by atoms with van der Waals surface area (Å²) >= 11 is 6.16. The Hall–Kier alpha value is -3.78. The Morgan fingerprint density at radius 2 is 1.74 bits per heavy atom. The molecule has 1 amide bonds. The van der Waals surface area contributed by atoms with E-state index >= 15 is 0 Å². The van der Waals surface area contributed by atoms with Crippen LogP contribution in [0.1, 0.15) is 22.4 Å². The maximum absolute atomic E-state index is 14.0. The lowest BCUT2D eigenvalue weighted by Crippen LogP contribution is -2.15. The summed E-state index contributed by atoms with van der Waals surface area (Å²) in [5.41, 5.74) is 1.87. The highest BCUT2D eigenvalue weighted by Gasteiger charge is 2.15. The van der Waals surface area contributed by atoms with Crippen LogP contribution < -0.4 is 10.1 Å². The SMILES string of the molecule is Cc1cc(NC(=O)Cc2ccccc2)nn1Cc1cc(Cl)ccc1OCc1c(F)cc(F)cc1F. The second-order valence-corrected chi connectivity index (χ2v) is 8.36. The van der Waals surface area contributed by atoms with Crippen LogP contribution in [0.25, 0.3) is 0 Å². The molecule has 0 aliphatic rings. The molecule has 0 aliphatic carbocycles. The van der Waals surface area contributed by atoms with E-state index in [0.29, 0.717) is 34.3 Å². The summed E-state index contributed by atoms with van der Waals surface area (Å²) in [6.45, 7) is 1.62. The lowest BCUT2D eigenvalue weighted by molar-refractivity contribution is -0.115. The van der Waals surface area contributed by atoms with Crippen molar-refractivity contribution < 1.29 is 22.7 Å². The number of nitrogens with zero attached hydrogens (tertiary/aromatic N) is 2. The van der Waals surface area contributed by atoms with Crippen molar-refractivity contribution in [3.8, 4) is 5.75 Å². The third-order valence-electron chi connectivity index (χ3n) is 5.28. The third kappa shape index (κ3) is 6.22. The normalized spacial score (nSPS) is 10.9. The fourth-order valence-corrected chi connectivity index (χ4v) is 3.73. The molecule has 1 N–H and O–H groups in total. The Bertz CT molecular complexity index is 1340. The minimum Gasteiger partial charge on any atom is -0.488 e. The Balaban J connectivity index is 1.48. The molecular formula is C26H21ClF3N3O2. The molecule has 4 aromatic rings. The Kier molecular flexibility index (Phi) is 7.41. The van der Waals surface area contributed by atoms with Gasteiger partial charge in [-0.1, -0.05) is 41.9 Å². The van der Waals surface area contributed by atoms with Gasteiger partial charge < -0.3 is 10.1 Å². The van der Waals surface area contributed by atoms with Crippen LogP contribution in [0.4, 0.5) is 19.0 Å². The van der Waals surface area contributed by atoms with Crippen molar-refractivity contribution in [1.29, 1.82) is 0 Å². The second-order valence-electron chi connectivity index (χ2n) is 7.93. The number of anilines is 1. The van der Waals surface area contributed by atoms with Gasteiger partial charge in [0.05, 0.1) is 18.5 Å². The summed E-state index contributed by atoms with van der Waals surface area (Å²) in [4.78, 5) is 12.4. The molecule has 0 saturated heterocycles. The number of benzene rings is 3. The van der Waals surface area contributed by atoms with E-state index in [1.54, 1.807) is 28.9 Å². The summed E-state index contributed by atoms with van der Waals surface area (Å²) < 4.78 is 48.5. The summed E-state index contributed by atoms with van der Waals surface area (Å²) in [6.07, 6.45) is 0.218. The quantitative estimate of drug-likeness (QED) is 0.320. The van der Waals surface area contributed by atoms with Crippen LogP contribution in [-0.2, 0) is 24.4 Å². The van der Waals surface area contributed by atoms with E-state index in [1.807, 2.05) is 37.3 Å². The minimum absolute atomic E-state index is 0.198. The van der Waals surface area contributed by atoms with Crippen LogP contribution in [0.3, 0.4) is 0 Å². The van der Waals surface area contributed by atoms with Crippen molar-refractivity contribution in [1.82, 2.24) is 9.78 Å². The van der Waals surface area contributed by atoms with Gasteiger partial charge in [-0.15, -0.1) is 0 Å². The van der Waals surface area contributed by atoms with Gasteiger partial charge >= 0.3 is 0 Å². The van der Waals surface area contributed by atoms with Crippen molar-refractivity contribution in [2.45, 2.75) is 26.5 Å². The first-order valence-electron chi connectivity index (χ1n) is 10.7. The van der Waals surface area contributed by atoms with E-state index in [-0.39, 0.29) is 24.4 Å². The van der Waals surface area contributed by atoms with Gasteiger partial charge in [-0.05, 0) is 30.7 Å². The van der Waals surface area contributed by atoms with Crippen LogP contribution in [0.5, 0.6) is 5.75 Å². The van der Waals surface area contributed by atoms with Crippen molar-refractivity contribution in [2.75, 3.05) is 5.32 Å². The molecule has 3 aromatic carbocycles. The van der Waals surface area contributed by atoms with Crippen molar-refractivity contribution in [3.63, 3.8) is 0 Å². The van der Waals surface area contributed by atoms with E-state index in [0.717, 1.165) is 11.3 Å². The van der Waals surface area contributed by atoms with Crippen molar-refractivity contribution in [3.05, 3.63) is 112 Å². The number of hydrogen-bond donors (Lipinski definition) is 1. The van der Waals surface area contributed by atoms with Crippen LogP contribution in [-0.4, -0.2) is 15.7 Å². The Morgan fingerprint density at radius 3 is 2.46 bits per heavy atom. The molecular weight excluding hydrogens is 479 g/mol. The zero-order valence-corrected chi connectivity index (χ0v) is 19.5. The highest BCUT2D eigenvalue weighted by molar-refractivity contribution is 6.30. The average Bonchev–Trinajstić information content (AvgIpc) is 3.13. The molecule has 0 aliphatic heterocycles. The fraction of sp³-hybridized carbons (Fsp3) is 0.154. The maximum Gasteiger partial charge on any atom is 0.229 e. The van der Waals surface area contributed by atoms with Gasteiger partial charge in [-0.25, -0.2) is 13.2 Å². The molecule has 180 valence electrons. The molecule has 0 spiro atoms. The maximum atomic E-state index is 14.0. The van der Waals surface area contributed by atoms with Crippen LogP contribution in [0.15, 0.2) is 66.7 Å². The molecule has 35 heavy (non-hydrogen) atoms. The fourth-order valence-electron chi connectivity index (χ4n) is 3.53. The molecule has 0 bridgehead atoms. The first kappa shape index (κ1) is 24.3. The molecule has 5 nitrogen and oxygen atoms in total. The second kappa shape index (κ2) is 10.7. The summed E-state index contributed by atoms with van der Waals surface area (Å²) in [6, 6.07) is 17.1. The predicted molar refractivity (Wildman–Crippen MR) is 127 cm³/mol. The van der Waals surface area contributed by atoms with Crippen molar-refractivity contribution >= 4 is 23.3 Å². The molecule has 0 saturated carbocycles. The van der Waals surface area contributed by atoms with Crippen LogP contribution in [0.2, 0.25) is 5.02 Å². The van der Waals surface area contributed by atoms with Crippen LogP contribution >= 0.6 is 11.6 Å². The number of carbonyl (C=O) groups excluding carboxylic acids is 1. The number of amides is 1.